The van der Waals surface area contributed by atoms with Gasteiger partial charge in [-0.05, 0) is 25.7 Å². The molecule has 1 rings (SSSR count). The van der Waals surface area contributed by atoms with Crippen LogP contribution in [0, 0.1) is 0 Å². The second kappa shape index (κ2) is 4.87. The van der Waals surface area contributed by atoms with Crippen molar-refractivity contribution in [2.24, 2.45) is 0 Å². The number of alkyl halides is 3. The van der Waals surface area contributed by atoms with Crippen LogP contribution in [0.4, 0.5) is 13.2 Å². The predicted molar refractivity (Wildman–Crippen MR) is 56.7 cm³/mol. The lowest BCUT2D eigenvalue weighted by Crippen LogP contribution is -2.48. The molecule has 0 bridgehead atoms. The molecule has 1 aliphatic rings. The first kappa shape index (κ1) is 13.0. The first-order valence-electron chi connectivity index (χ1n) is 5.56. The van der Waals surface area contributed by atoms with Gasteiger partial charge in [0.2, 0.25) is 0 Å². The van der Waals surface area contributed by atoms with Crippen LogP contribution in [0.2, 0.25) is 13.1 Å². The number of ether oxygens (including phenoxy) is 1. The maximum atomic E-state index is 12.2. The van der Waals surface area contributed by atoms with E-state index in [2.05, 4.69) is 13.1 Å². The van der Waals surface area contributed by atoms with E-state index in [1.54, 1.807) is 0 Å². The van der Waals surface area contributed by atoms with E-state index in [4.69, 9.17) is 4.74 Å². The molecule has 0 spiro atoms. The summed E-state index contributed by atoms with van der Waals surface area (Å²) in [5, 5.41) is -0.395. The molecule has 0 radical (unpaired) electrons. The van der Waals surface area contributed by atoms with Crippen LogP contribution < -0.4 is 0 Å². The minimum absolute atomic E-state index is 0.167. The van der Waals surface area contributed by atoms with Gasteiger partial charge in [0.15, 0.2) is 0 Å². The summed E-state index contributed by atoms with van der Waals surface area (Å²) < 4.78 is 42.3. The Labute approximate surface area is 90.6 Å². The van der Waals surface area contributed by atoms with Crippen LogP contribution in [0.15, 0.2) is 0 Å². The number of rotatable bonds is 3. The fourth-order valence-corrected chi connectivity index (χ4v) is 4.12. The largest absolute Gasteiger partial charge is 0.389 e. The van der Waals surface area contributed by atoms with Crippen LogP contribution in [-0.2, 0) is 4.74 Å². The summed E-state index contributed by atoms with van der Waals surface area (Å²) in [4.78, 5) is 0. The smallest absolute Gasteiger partial charge is 0.379 e. The average molecular weight is 240 g/mol. The van der Waals surface area contributed by atoms with Crippen molar-refractivity contribution in [1.29, 1.82) is 0 Å². The highest BCUT2D eigenvalue weighted by Crippen LogP contribution is 2.35. The summed E-state index contributed by atoms with van der Waals surface area (Å²) >= 11 is 0. The van der Waals surface area contributed by atoms with Crippen molar-refractivity contribution in [3.8, 4) is 0 Å². The van der Waals surface area contributed by atoms with E-state index < -0.39 is 26.6 Å². The molecule has 1 atom stereocenters. The molecule has 90 valence electrons. The fourth-order valence-electron chi connectivity index (χ4n) is 2.17. The lowest BCUT2D eigenvalue weighted by molar-refractivity contribution is -0.148. The monoisotopic (exact) mass is 240 g/mol. The van der Waals surface area contributed by atoms with Crippen molar-refractivity contribution in [3.05, 3.63) is 0 Å². The summed E-state index contributed by atoms with van der Waals surface area (Å²) in [5.74, 6) is 0. The molecule has 1 saturated heterocycles. The Balaban J connectivity index is 2.57. The van der Waals surface area contributed by atoms with Gasteiger partial charge in [-0.3, -0.25) is 0 Å². The number of hydrogen-bond acceptors (Lipinski definition) is 1. The highest BCUT2D eigenvalue weighted by atomic mass is 28.3. The third-order valence-corrected chi connectivity index (χ3v) is 6.12. The maximum Gasteiger partial charge on any atom is 0.389 e. The molecule has 0 amide bonds. The normalized spacial score (nSPS) is 28.4. The topological polar surface area (TPSA) is 9.23 Å². The van der Waals surface area contributed by atoms with Crippen LogP contribution in [-0.4, -0.2) is 26.8 Å². The summed E-state index contributed by atoms with van der Waals surface area (Å²) in [6.07, 6.45) is -1.74. The Morgan fingerprint density at radius 2 is 1.93 bits per heavy atom. The Morgan fingerprint density at radius 1 is 1.27 bits per heavy atom. The molecule has 1 heterocycles. The SMILES string of the molecule is C[SiH](C)C1(CCC(F)(F)F)CCCCO1. The minimum atomic E-state index is -4.04. The predicted octanol–water partition coefficient (Wildman–Crippen LogP) is 3.29. The standard InChI is InChI=1S/C10H19F3OSi/c1-15(2)9(5-3-4-8-14-9)6-7-10(11,12)13/h15H,3-8H2,1-2H3. The molecule has 15 heavy (non-hydrogen) atoms. The third kappa shape index (κ3) is 3.79. The molecule has 0 N–H and O–H groups in total. The van der Waals surface area contributed by atoms with Gasteiger partial charge >= 0.3 is 6.18 Å². The highest BCUT2D eigenvalue weighted by Gasteiger charge is 2.40. The van der Waals surface area contributed by atoms with E-state index in [1.807, 2.05) is 0 Å². The molecule has 0 aromatic heterocycles. The highest BCUT2D eigenvalue weighted by molar-refractivity contribution is 6.59. The molecule has 1 unspecified atom stereocenters. The molecule has 1 nitrogen and oxygen atoms in total. The second-order valence-electron chi connectivity index (χ2n) is 4.64. The van der Waals surface area contributed by atoms with E-state index >= 15 is 0 Å². The van der Waals surface area contributed by atoms with Gasteiger partial charge in [0, 0.05) is 13.0 Å². The molecular formula is C10H19F3OSi. The number of halogens is 3. The quantitative estimate of drug-likeness (QED) is 0.688. The summed E-state index contributed by atoms with van der Waals surface area (Å²) in [7, 11) is -1.20. The second-order valence-corrected chi connectivity index (χ2v) is 8.00. The summed E-state index contributed by atoms with van der Waals surface area (Å²) in [5.41, 5.74) is 0. The van der Waals surface area contributed by atoms with Gasteiger partial charge in [0.05, 0.1) is 14.0 Å². The van der Waals surface area contributed by atoms with Crippen LogP contribution in [0.25, 0.3) is 0 Å². The van der Waals surface area contributed by atoms with E-state index in [9.17, 15) is 13.2 Å². The zero-order chi connectivity index (χ0) is 11.5. The number of hydrogen-bond donors (Lipinski definition) is 0. The Hall–Kier alpha value is -0.0331. The van der Waals surface area contributed by atoms with Crippen molar-refractivity contribution < 1.29 is 17.9 Å². The third-order valence-electron chi connectivity index (χ3n) is 3.27. The van der Waals surface area contributed by atoms with Crippen molar-refractivity contribution in [2.45, 2.75) is 56.6 Å². The summed E-state index contributed by atoms with van der Waals surface area (Å²) in [6.45, 7) is 4.81. The van der Waals surface area contributed by atoms with Crippen molar-refractivity contribution in [3.63, 3.8) is 0 Å². The molecule has 0 aliphatic carbocycles. The first-order chi connectivity index (χ1) is 6.86. The van der Waals surface area contributed by atoms with Crippen molar-refractivity contribution >= 4 is 8.80 Å². The van der Waals surface area contributed by atoms with Gasteiger partial charge in [-0.25, -0.2) is 0 Å². The van der Waals surface area contributed by atoms with Gasteiger partial charge in [-0.1, -0.05) is 13.1 Å². The molecular weight excluding hydrogens is 221 g/mol. The van der Waals surface area contributed by atoms with E-state index in [0.29, 0.717) is 6.61 Å². The molecule has 0 aromatic carbocycles. The van der Waals surface area contributed by atoms with Crippen LogP contribution in [0.5, 0.6) is 0 Å². The van der Waals surface area contributed by atoms with Gasteiger partial charge in [-0.2, -0.15) is 13.2 Å². The lowest BCUT2D eigenvalue weighted by Gasteiger charge is -2.40. The molecule has 0 saturated carbocycles. The van der Waals surface area contributed by atoms with Crippen molar-refractivity contribution in [1.82, 2.24) is 0 Å². The Kier molecular flexibility index (Phi) is 4.23. The van der Waals surface area contributed by atoms with Gasteiger partial charge < -0.3 is 4.74 Å². The first-order valence-corrected chi connectivity index (χ1v) is 8.45. The zero-order valence-electron chi connectivity index (χ0n) is 9.36. The molecule has 1 aliphatic heterocycles. The minimum Gasteiger partial charge on any atom is -0.379 e. The lowest BCUT2D eigenvalue weighted by atomic mass is 10.0. The molecule has 1 fully saturated rings. The van der Waals surface area contributed by atoms with E-state index in [0.717, 1.165) is 19.3 Å². The zero-order valence-corrected chi connectivity index (χ0v) is 10.5. The average Bonchev–Trinajstić information content (AvgIpc) is 2.15. The van der Waals surface area contributed by atoms with Gasteiger partial charge in [-0.15, -0.1) is 0 Å². The Bertz CT molecular complexity index is 197. The van der Waals surface area contributed by atoms with Gasteiger partial charge in [0.1, 0.15) is 0 Å². The summed E-state index contributed by atoms with van der Waals surface area (Å²) in [6, 6.07) is 0. The Morgan fingerprint density at radius 3 is 2.33 bits per heavy atom. The van der Waals surface area contributed by atoms with Crippen LogP contribution >= 0.6 is 0 Å². The fraction of sp³-hybridized carbons (Fsp3) is 1.00. The van der Waals surface area contributed by atoms with Crippen LogP contribution in [0.3, 0.4) is 0 Å². The maximum absolute atomic E-state index is 12.2. The molecule has 5 heteroatoms. The van der Waals surface area contributed by atoms with Crippen LogP contribution in [0.1, 0.15) is 32.1 Å². The van der Waals surface area contributed by atoms with E-state index in [-0.39, 0.29) is 6.42 Å². The van der Waals surface area contributed by atoms with Gasteiger partial charge in [0.25, 0.3) is 0 Å². The molecule has 0 aromatic rings. The van der Waals surface area contributed by atoms with E-state index in [1.165, 1.54) is 0 Å². The van der Waals surface area contributed by atoms with Crippen molar-refractivity contribution in [2.75, 3.05) is 6.61 Å².